The van der Waals surface area contributed by atoms with Crippen LogP contribution in [0.5, 0.6) is 0 Å². The lowest BCUT2D eigenvalue weighted by Crippen LogP contribution is -2.42. The number of imide groups is 1. The van der Waals surface area contributed by atoms with E-state index in [4.69, 9.17) is 0 Å². The maximum atomic E-state index is 11.9. The molecule has 4 nitrogen and oxygen atoms in total. The van der Waals surface area contributed by atoms with Crippen molar-refractivity contribution < 1.29 is 9.59 Å². The van der Waals surface area contributed by atoms with Gasteiger partial charge in [-0.05, 0) is 18.8 Å². The van der Waals surface area contributed by atoms with Crippen LogP contribution in [0.15, 0.2) is 0 Å². The summed E-state index contributed by atoms with van der Waals surface area (Å²) in [6.07, 6.45) is 1.32. The Bertz CT molecular complexity index is 281. The van der Waals surface area contributed by atoms with Crippen LogP contribution < -0.4 is 5.32 Å². The largest absolute Gasteiger partial charge is 0.325 e. The molecule has 5 heteroatoms. The molecule has 15 heavy (non-hydrogen) atoms. The van der Waals surface area contributed by atoms with Gasteiger partial charge in [-0.2, -0.15) is 0 Å². The van der Waals surface area contributed by atoms with E-state index in [0.717, 1.165) is 6.42 Å². The normalized spacial score (nSPS) is 26.3. The van der Waals surface area contributed by atoms with Crippen molar-refractivity contribution in [1.82, 2.24) is 10.2 Å². The van der Waals surface area contributed by atoms with Crippen LogP contribution in [0.4, 0.5) is 4.79 Å². The minimum absolute atomic E-state index is 0.216. The van der Waals surface area contributed by atoms with Gasteiger partial charge in [-0.1, -0.05) is 20.8 Å². The zero-order valence-corrected chi connectivity index (χ0v) is 10.3. The van der Waals surface area contributed by atoms with Gasteiger partial charge in [0.1, 0.15) is 0 Å². The fourth-order valence-electron chi connectivity index (χ4n) is 1.77. The minimum atomic E-state index is -1.000. The second-order valence-electron chi connectivity index (χ2n) is 4.35. The molecule has 1 saturated heterocycles. The second-order valence-corrected chi connectivity index (χ2v) is 5.11. The summed E-state index contributed by atoms with van der Waals surface area (Å²) in [5.41, 5.74) is 0. The molecule has 1 atom stereocenters. The molecule has 86 valence electrons. The summed E-state index contributed by atoms with van der Waals surface area (Å²) in [4.78, 5) is 23.7. The average Bonchev–Trinajstić information content (AvgIpc) is 2.28. The zero-order valence-electron chi connectivity index (χ0n) is 9.41. The van der Waals surface area contributed by atoms with Crippen molar-refractivity contribution in [2.75, 3.05) is 6.54 Å². The van der Waals surface area contributed by atoms with Gasteiger partial charge in [0.25, 0.3) is 5.91 Å². The van der Waals surface area contributed by atoms with Crippen molar-refractivity contribution in [2.45, 2.75) is 38.5 Å². The van der Waals surface area contributed by atoms with E-state index >= 15 is 0 Å². The molecule has 0 aliphatic carbocycles. The molecule has 1 fully saturated rings. The lowest BCUT2D eigenvalue weighted by Gasteiger charge is -2.22. The monoisotopic (exact) mass is 230 g/mol. The Morgan fingerprint density at radius 3 is 2.53 bits per heavy atom. The number of nitrogens with zero attached hydrogens (tertiary/aromatic N) is 1. The molecule has 0 radical (unpaired) electrons. The van der Waals surface area contributed by atoms with Gasteiger partial charge in [0.05, 0.1) is 0 Å². The average molecular weight is 230 g/mol. The highest BCUT2D eigenvalue weighted by molar-refractivity contribution is 7.82. The predicted molar refractivity (Wildman–Crippen MR) is 61.7 cm³/mol. The Morgan fingerprint density at radius 2 is 2.07 bits per heavy atom. The fraction of sp³-hybridized carbons (Fsp3) is 0.800. The highest BCUT2D eigenvalue weighted by Gasteiger charge is 2.48. The highest BCUT2D eigenvalue weighted by Crippen LogP contribution is 2.28. The van der Waals surface area contributed by atoms with Gasteiger partial charge in [0.15, 0.2) is 4.87 Å². The predicted octanol–water partition coefficient (Wildman–Crippen LogP) is 1.62. The fourth-order valence-corrected chi connectivity index (χ4v) is 2.35. The van der Waals surface area contributed by atoms with E-state index in [-0.39, 0.29) is 11.9 Å². The topological polar surface area (TPSA) is 49.4 Å². The molecule has 1 rings (SSSR count). The van der Waals surface area contributed by atoms with Gasteiger partial charge < -0.3 is 5.32 Å². The van der Waals surface area contributed by atoms with E-state index in [2.05, 4.69) is 17.9 Å². The molecule has 0 bridgehead atoms. The lowest BCUT2D eigenvalue weighted by molar-refractivity contribution is -0.128. The Morgan fingerprint density at radius 1 is 1.47 bits per heavy atom. The Kier molecular flexibility index (Phi) is 3.65. The maximum absolute atomic E-state index is 11.9. The van der Waals surface area contributed by atoms with Crippen LogP contribution in [-0.2, 0) is 4.79 Å². The molecule has 0 aromatic carbocycles. The van der Waals surface area contributed by atoms with Gasteiger partial charge in [-0.3, -0.25) is 9.69 Å². The molecule has 1 N–H and O–H groups in total. The van der Waals surface area contributed by atoms with Gasteiger partial charge in [0, 0.05) is 6.54 Å². The van der Waals surface area contributed by atoms with E-state index in [9.17, 15) is 9.59 Å². The van der Waals surface area contributed by atoms with Crippen molar-refractivity contribution in [3.05, 3.63) is 0 Å². The van der Waals surface area contributed by atoms with E-state index < -0.39 is 4.87 Å². The van der Waals surface area contributed by atoms with Gasteiger partial charge in [-0.15, -0.1) is 12.6 Å². The van der Waals surface area contributed by atoms with Crippen molar-refractivity contribution in [2.24, 2.45) is 5.92 Å². The van der Waals surface area contributed by atoms with Crippen molar-refractivity contribution >= 4 is 24.6 Å². The SMILES string of the molecule is CCCN1C(=O)NC(S)(CC(C)C)C1=O. The summed E-state index contributed by atoms with van der Waals surface area (Å²) in [5.74, 6) is 0.0970. The first kappa shape index (κ1) is 12.4. The first-order valence-corrected chi connectivity index (χ1v) is 5.72. The van der Waals surface area contributed by atoms with Crippen LogP contribution >= 0.6 is 12.6 Å². The third-order valence-electron chi connectivity index (χ3n) is 2.31. The Labute approximate surface area is 95.8 Å². The third-order valence-corrected chi connectivity index (χ3v) is 2.79. The van der Waals surface area contributed by atoms with Crippen molar-refractivity contribution in [3.63, 3.8) is 0 Å². The zero-order chi connectivity index (χ0) is 11.6. The molecule has 0 spiro atoms. The Hall–Kier alpha value is -0.710. The van der Waals surface area contributed by atoms with Gasteiger partial charge >= 0.3 is 6.03 Å². The number of carbonyl (C=O) groups is 2. The number of carbonyl (C=O) groups excluding carboxylic acids is 2. The summed E-state index contributed by atoms with van der Waals surface area (Å²) >= 11 is 4.30. The smallest absolute Gasteiger partial charge is 0.315 e. The van der Waals surface area contributed by atoms with E-state index in [1.54, 1.807) is 0 Å². The molecule has 1 aliphatic heterocycles. The van der Waals surface area contributed by atoms with Gasteiger partial charge in [-0.25, -0.2) is 4.79 Å². The standard InChI is InChI=1S/C10H18N2O2S/c1-4-5-12-8(13)10(15,6-7(2)3)11-9(12)14/h7,15H,4-6H2,1-3H3,(H,11,14). The summed E-state index contributed by atoms with van der Waals surface area (Å²) in [7, 11) is 0. The number of rotatable bonds is 4. The molecule has 1 heterocycles. The molecular formula is C10H18N2O2S. The second kappa shape index (κ2) is 4.43. The van der Waals surface area contributed by atoms with Crippen LogP contribution in [-0.4, -0.2) is 28.3 Å². The first-order chi connectivity index (χ1) is 6.90. The molecule has 0 saturated carbocycles. The van der Waals surface area contributed by atoms with E-state index in [1.807, 2.05) is 20.8 Å². The van der Waals surface area contributed by atoms with Crippen LogP contribution in [0.3, 0.4) is 0 Å². The maximum Gasteiger partial charge on any atom is 0.325 e. The van der Waals surface area contributed by atoms with Gasteiger partial charge in [0.2, 0.25) is 0 Å². The summed E-state index contributed by atoms with van der Waals surface area (Å²) in [6.45, 7) is 6.40. The quantitative estimate of drug-likeness (QED) is 0.569. The number of thiol groups is 1. The van der Waals surface area contributed by atoms with Crippen molar-refractivity contribution in [1.29, 1.82) is 0 Å². The molecule has 0 aromatic rings. The van der Waals surface area contributed by atoms with Crippen LogP contribution in [0, 0.1) is 5.92 Å². The van der Waals surface area contributed by atoms with Crippen LogP contribution in [0.25, 0.3) is 0 Å². The van der Waals surface area contributed by atoms with E-state index in [0.29, 0.717) is 18.9 Å². The molecule has 1 unspecified atom stereocenters. The number of nitrogens with one attached hydrogen (secondary N) is 1. The number of hydrogen-bond acceptors (Lipinski definition) is 3. The summed E-state index contributed by atoms with van der Waals surface area (Å²) < 4.78 is 0. The highest BCUT2D eigenvalue weighted by atomic mass is 32.1. The third kappa shape index (κ3) is 2.45. The van der Waals surface area contributed by atoms with Crippen molar-refractivity contribution in [3.8, 4) is 0 Å². The first-order valence-electron chi connectivity index (χ1n) is 5.27. The molecule has 3 amide bonds. The van der Waals surface area contributed by atoms with Crippen LogP contribution in [0.2, 0.25) is 0 Å². The summed E-state index contributed by atoms with van der Waals surface area (Å²) in [6, 6.07) is -0.322. The number of urea groups is 1. The number of hydrogen-bond donors (Lipinski definition) is 2. The number of amides is 3. The van der Waals surface area contributed by atoms with Crippen LogP contribution in [0.1, 0.15) is 33.6 Å². The molecular weight excluding hydrogens is 212 g/mol. The Balaban J connectivity index is 2.79. The summed E-state index contributed by atoms with van der Waals surface area (Å²) in [5, 5.41) is 2.65. The molecule has 0 aromatic heterocycles. The lowest BCUT2D eigenvalue weighted by atomic mass is 10.0. The van der Waals surface area contributed by atoms with E-state index in [1.165, 1.54) is 4.90 Å². The minimum Gasteiger partial charge on any atom is -0.315 e. The molecule has 1 aliphatic rings.